The van der Waals surface area contributed by atoms with Gasteiger partial charge in [-0.2, -0.15) is 0 Å². The molecule has 2 amide bonds. The highest BCUT2D eigenvalue weighted by molar-refractivity contribution is 8.15. The van der Waals surface area contributed by atoms with Crippen molar-refractivity contribution in [3.05, 3.63) is 59.7 Å². The van der Waals surface area contributed by atoms with Crippen LogP contribution >= 0.6 is 11.8 Å². The van der Waals surface area contributed by atoms with Gasteiger partial charge in [0.15, 0.2) is 0 Å². The standard InChI is InChI=1S/C19H18N2O5S/c20-15(18(23)24)9-11-1-5-13(6-2-11)26-14-7-3-12(4-8-14)10-16-17(22)21-19(25)27-16/h1-8,15-16H,9-10,20H2,(H,23,24)(H,21,22,25)/t15-,16?/m0/s1. The molecule has 0 aromatic heterocycles. The van der Waals surface area contributed by atoms with Crippen LogP contribution in [0.15, 0.2) is 48.5 Å². The summed E-state index contributed by atoms with van der Waals surface area (Å²) in [5, 5.41) is 10.4. The van der Waals surface area contributed by atoms with Crippen LogP contribution in [0.3, 0.4) is 0 Å². The van der Waals surface area contributed by atoms with Crippen LogP contribution in [0.4, 0.5) is 4.79 Å². The van der Waals surface area contributed by atoms with E-state index in [9.17, 15) is 14.4 Å². The van der Waals surface area contributed by atoms with E-state index >= 15 is 0 Å². The molecule has 1 aliphatic heterocycles. The monoisotopic (exact) mass is 386 g/mol. The van der Waals surface area contributed by atoms with E-state index in [0.717, 1.165) is 22.9 Å². The quantitative estimate of drug-likeness (QED) is 0.668. The van der Waals surface area contributed by atoms with Gasteiger partial charge in [0.25, 0.3) is 5.24 Å². The first kappa shape index (κ1) is 18.9. The van der Waals surface area contributed by atoms with Gasteiger partial charge in [0.05, 0.1) is 5.25 Å². The van der Waals surface area contributed by atoms with Crippen LogP contribution in [0.2, 0.25) is 0 Å². The van der Waals surface area contributed by atoms with E-state index in [4.69, 9.17) is 15.6 Å². The molecule has 4 N–H and O–H groups in total. The Hall–Kier alpha value is -2.84. The summed E-state index contributed by atoms with van der Waals surface area (Å²) in [6.07, 6.45) is 0.723. The second-order valence-electron chi connectivity index (χ2n) is 6.13. The maximum atomic E-state index is 11.6. The number of carboxylic acids is 1. The Morgan fingerprint density at radius 3 is 2.11 bits per heavy atom. The fourth-order valence-corrected chi connectivity index (χ4v) is 3.47. The predicted molar refractivity (Wildman–Crippen MR) is 101 cm³/mol. The number of nitrogens with two attached hydrogens (primary N) is 1. The lowest BCUT2D eigenvalue weighted by atomic mass is 10.1. The number of ether oxygens (including phenoxy) is 1. The van der Waals surface area contributed by atoms with Crippen molar-refractivity contribution in [3.63, 3.8) is 0 Å². The molecule has 7 nitrogen and oxygen atoms in total. The summed E-state index contributed by atoms with van der Waals surface area (Å²) in [5.41, 5.74) is 7.27. The Morgan fingerprint density at radius 2 is 1.63 bits per heavy atom. The Labute approximate surface area is 159 Å². The topological polar surface area (TPSA) is 119 Å². The third-order valence-corrected chi connectivity index (χ3v) is 5.02. The van der Waals surface area contributed by atoms with Gasteiger partial charge in [-0.05, 0) is 48.2 Å². The minimum Gasteiger partial charge on any atom is -0.480 e. The molecule has 0 radical (unpaired) electrons. The molecule has 1 unspecified atom stereocenters. The van der Waals surface area contributed by atoms with Crippen molar-refractivity contribution in [2.45, 2.75) is 24.1 Å². The largest absolute Gasteiger partial charge is 0.480 e. The molecule has 1 fully saturated rings. The summed E-state index contributed by atoms with van der Waals surface area (Å²) in [6, 6.07) is 13.4. The zero-order chi connectivity index (χ0) is 19.4. The first-order valence-electron chi connectivity index (χ1n) is 8.26. The first-order chi connectivity index (χ1) is 12.9. The molecule has 0 aliphatic carbocycles. The molecular formula is C19H18N2O5S. The number of carbonyl (C=O) groups is 3. The molecule has 0 bridgehead atoms. The van der Waals surface area contributed by atoms with E-state index in [1.54, 1.807) is 36.4 Å². The maximum Gasteiger partial charge on any atom is 0.320 e. The fraction of sp³-hybridized carbons (Fsp3) is 0.211. The van der Waals surface area contributed by atoms with Gasteiger partial charge in [-0.1, -0.05) is 36.0 Å². The number of rotatable bonds is 7. The molecule has 8 heteroatoms. The van der Waals surface area contributed by atoms with Crippen molar-refractivity contribution in [2.24, 2.45) is 5.73 Å². The van der Waals surface area contributed by atoms with Gasteiger partial charge in [-0.3, -0.25) is 19.7 Å². The molecule has 1 saturated heterocycles. The smallest absolute Gasteiger partial charge is 0.320 e. The second-order valence-corrected chi connectivity index (χ2v) is 7.30. The lowest BCUT2D eigenvalue weighted by Gasteiger charge is -2.10. The van der Waals surface area contributed by atoms with Crippen molar-refractivity contribution >= 4 is 28.9 Å². The highest BCUT2D eigenvalue weighted by Gasteiger charge is 2.31. The molecule has 0 spiro atoms. The van der Waals surface area contributed by atoms with Gasteiger partial charge in [-0.25, -0.2) is 0 Å². The summed E-state index contributed by atoms with van der Waals surface area (Å²) >= 11 is 1.01. The van der Waals surface area contributed by atoms with Gasteiger partial charge in [0.1, 0.15) is 17.5 Å². The number of benzene rings is 2. The lowest BCUT2D eigenvalue weighted by Crippen LogP contribution is -2.32. The molecule has 140 valence electrons. The summed E-state index contributed by atoms with van der Waals surface area (Å²) < 4.78 is 5.76. The van der Waals surface area contributed by atoms with Gasteiger partial charge in [0, 0.05) is 0 Å². The van der Waals surface area contributed by atoms with Crippen LogP contribution in [0.5, 0.6) is 11.5 Å². The Kier molecular flexibility index (Phi) is 5.78. The lowest BCUT2D eigenvalue weighted by molar-refractivity contribution is -0.138. The molecule has 0 saturated carbocycles. The van der Waals surface area contributed by atoms with Crippen LogP contribution in [-0.4, -0.2) is 33.5 Å². The maximum absolute atomic E-state index is 11.6. The number of carboxylic acid groups (broad SMARTS) is 1. The number of nitrogens with one attached hydrogen (secondary N) is 1. The van der Waals surface area contributed by atoms with Crippen LogP contribution < -0.4 is 15.8 Å². The predicted octanol–water partition coefficient (Wildman–Crippen LogP) is 2.33. The Balaban J connectivity index is 1.57. The van der Waals surface area contributed by atoms with Crippen LogP contribution in [-0.2, 0) is 22.4 Å². The minimum absolute atomic E-state index is 0.250. The van der Waals surface area contributed by atoms with Crippen molar-refractivity contribution in [2.75, 3.05) is 0 Å². The van der Waals surface area contributed by atoms with Crippen molar-refractivity contribution < 1.29 is 24.2 Å². The van der Waals surface area contributed by atoms with Crippen molar-refractivity contribution in [1.82, 2.24) is 5.32 Å². The van der Waals surface area contributed by atoms with Crippen LogP contribution in [0.1, 0.15) is 11.1 Å². The second kappa shape index (κ2) is 8.24. The summed E-state index contributed by atoms with van der Waals surface area (Å²) in [5.74, 6) is -0.0404. The fourth-order valence-electron chi connectivity index (χ4n) is 2.61. The van der Waals surface area contributed by atoms with E-state index in [1.165, 1.54) is 0 Å². The number of thioether (sulfide) groups is 1. The Bertz CT molecular complexity index is 851. The normalized spacial score (nSPS) is 17.4. The number of imide groups is 1. The molecule has 27 heavy (non-hydrogen) atoms. The number of carbonyl (C=O) groups excluding carboxylic acids is 2. The van der Waals surface area contributed by atoms with Crippen LogP contribution in [0, 0.1) is 0 Å². The van der Waals surface area contributed by atoms with Crippen molar-refractivity contribution in [1.29, 1.82) is 0 Å². The third-order valence-electron chi connectivity index (χ3n) is 4.04. The minimum atomic E-state index is -1.03. The van der Waals surface area contributed by atoms with E-state index in [0.29, 0.717) is 17.9 Å². The van der Waals surface area contributed by atoms with Crippen molar-refractivity contribution in [3.8, 4) is 11.5 Å². The molecule has 2 aromatic carbocycles. The summed E-state index contributed by atoms with van der Waals surface area (Å²) in [4.78, 5) is 33.6. The van der Waals surface area contributed by atoms with Crippen LogP contribution in [0.25, 0.3) is 0 Å². The van der Waals surface area contributed by atoms with Gasteiger partial charge in [-0.15, -0.1) is 0 Å². The molecule has 1 heterocycles. The van der Waals surface area contributed by atoms with Gasteiger partial charge in [0.2, 0.25) is 5.91 Å². The average Bonchev–Trinajstić information content (AvgIpc) is 2.95. The van der Waals surface area contributed by atoms with E-state index < -0.39 is 17.3 Å². The van der Waals surface area contributed by atoms with Gasteiger partial charge < -0.3 is 15.6 Å². The molecule has 3 rings (SSSR count). The summed E-state index contributed by atoms with van der Waals surface area (Å²) in [7, 11) is 0. The highest BCUT2D eigenvalue weighted by atomic mass is 32.2. The number of hydrogen-bond donors (Lipinski definition) is 3. The first-order valence-corrected chi connectivity index (χ1v) is 9.14. The zero-order valence-electron chi connectivity index (χ0n) is 14.3. The SMILES string of the molecule is N[C@@H](Cc1ccc(Oc2ccc(CC3SC(=O)NC3=O)cc2)cc1)C(=O)O. The zero-order valence-corrected chi connectivity index (χ0v) is 15.1. The average molecular weight is 386 g/mol. The number of amides is 2. The summed E-state index contributed by atoms with van der Waals surface area (Å²) in [6.45, 7) is 0. The van der Waals surface area contributed by atoms with Gasteiger partial charge >= 0.3 is 5.97 Å². The molecule has 2 aromatic rings. The Morgan fingerprint density at radius 1 is 1.07 bits per heavy atom. The third kappa shape index (κ3) is 5.08. The van der Waals surface area contributed by atoms with E-state index in [2.05, 4.69) is 5.32 Å². The number of hydrogen-bond acceptors (Lipinski definition) is 6. The highest BCUT2D eigenvalue weighted by Crippen LogP contribution is 2.26. The molecule has 1 aliphatic rings. The van der Waals surface area contributed by atoms with E-state index in [-0.39, 0.29) is 17.6 Å². The van der Waals surface area contributed by atoms with E-state index in [1.807, 2.05) is 12.1 Å². The number of aliphatic carboxylic acids is 1. The molecular weight excluding hydrogens is 368 g/mol. The molecule has 2 atom stereocenters.